The van der Waals surface area contributed by atoms with E-state index in [0.717, 1.165) is 11.1 Å². The molecule has 6 nitrogen and oxygen atoms in total. The minimum atomic E-state index is -0.645. The van der Waals surface area contributed by atoms with Crippen LogP contribution in [0.2, 0.25) is 0 Å². The zero-order valence-corrected chi connectivity index (χ0v) is 10.2. The van der Waals surface area contributed by atoms with Crippen LogP contribution in [-0.2, 0) is 10.1 Å². The maximum absolute atomic E-state index is 13.9. The lowest BCUT2D eigenvalue weighted by molar-refractivity contribution is -0.120. The van der Waals surface area contributed by atoms with Gasteiger partial charge in [-0.3, -0.25) is 15.0 Å². The summed E-state index contributed by atoms with van der Waals surface area (Å²) in [6.45, 7) is 0.134. The second-order valence-corrected chi connectivity index (χ2v) is 3.94. The number of carbonyl (C=O) groups is 2. The van der Waals surface area contributed by atoms with Gasteiger partial charge >= 0.3 is 6.03 Å². The van der Waals surface area contributed by atoms with Crippen molar-refractivity contribution in [2.24, 2.45) is 0 Å². The summed E-state index contributed by atoms with van der Waals surface area (Å²) in [7, 11) is 0. The average molecular weight is 303 g/mol. The van der Waals surface area contributed by atoms with Crippen molar-refractivity contribution in [2.45, 2.75) is 11.8 Å². The monoisotopic (exact) mass is 302 g/mol. The van der Waals surface area contributed by atoms with Gasteiger partial charge < -0.3 is 0 Å². The van der Waals surface area contributed by atoms with E-state index >= 15 is 0 Å². The molecule has 0 aliphatic carbocycles. The van der Waals surface area contributed by atoms with Gasteiger partial charge in [0.25, 0.3) is 0 Å². The molecule has 2 heterocycles. The standard InChI is InChI=1S/C9H8BrFN4O2/c10-3-5-8(11)6(4-12-14-5)15-2-1-7(16)13-9(15)17/h4H,1-3H2,(H,13,16,17). The largest absolute Gasteiger partial charge is 0.328 e. The first-order valence-electron chi connectivity index (χ1n) is 4.81. The molecule has 1 aromatic rings. The number of rotatable bonds is 2. The number of anilines is 1. The first-order chi connectivity index (χ1) is 8.13. The number of nitrogens with zero attached hydrogens (tertiary/aromatic N) is 3. The number of urea groups is 1. The summed E-state index contributed by atoms with van der Waals surface area (Å²) in [6.07, 6.45) is 1.30. The molecule has 0 unspecified atom stereocenters. The minimum absolute atomic E-state index is 0.0273. The number of amides is 3. The molecule has 1 aliphatic rings. The Labute approximate surface area is 104 Å². The van der Waals surface area contributed by atoms with Crippen LogP contribution in [-0.4, -0.2) is 28.7 Å². The zero-order valence-electron chi connectivity index (χ0n) is 8.61. The molecule has 2 rings (SSSR count). The van der Waals surface area contributed by atoms with Gasteiger partial charge in [0.15, 0.2) is 5.82 Å². The highest BCUT2D eigenvalue weighted by Crippen LogP contribution is 2.22. The number of alkyl halides is 1. The molecular weight excluding hydrogens is 295 g/mol. The van der Waals surface area contributed by atoms with Crippen molar-refractivity contribution >= 4 is 33.6 Å². The molecule has 1 saturated heterocycles. The number of hydrogen-bond acceptors (Lipinski definition) is 4. The Balaban J connectivity index is 2.34. The summed E-state index contributed by atoms with van der Waals surface area (Å²) in [5, 5.41) is 9.53. The Morgan fingerprint density at radius 3 is 2.94 bits per heavy atom. The maximum atomic E-state index is 13.9. The normalized spacial score (nSPS) is 16.0. The number of aromatic nitrogens is 2. The fourth-order valence-corrected chi connectivity index (χ4v) is 1.83. The Bertz CT molecular complexity index is 482. The van der Waals surface area contributed by atoms with Gasteiger partial charge in [0.05, 0.1) is 11.5 Å². The van der Waals surface area contributed by atoms with Gasteiger partial charge in [0.1, 0.15) is 11.4 Å². The van der Waals surface area contributed by atoms with E-state index in [0.29, 0.717) is 0 Å². The van der Waals surface area contributed by atoms with Crippen LogP contribution < -0.4 is 10.2 Å². The van der Waals surface area contributed by atoms with Gasteiger partial charge in [-0.05, 0) is 0 Å². The Morgan fingerprint density at radius 2 is 2.29 bits per heavy atom. The van der Waals surface area contributed by atoms with Gasteiger partial charge in [-0.15, -0.1) is 0 Å². The van der Waals surface area contributed by atoms with Crippen molar-refractivity contribution in [1.29, 1.82) is 0 Å². The number of hydrogen-bond donors (Lipinski definition) is 1. The van der Waals surface area contributed by atoms with Crippen molar-refractivity contribution < 1.29 is 14.0 Å². The second kappa shape index (κ2) is 4.74. The van der Waals surface area contributed by atoms with E-state index in [-0.39, 0.29) is 35.6 Å². The minimum Gasteiger partial charge on any atom is -0.289 e. The summed E-state index contributed by atoms with van der Waals surface area (Å²) in [6, 6.07) is -0.645. The third-order valence-electron chi connectivity index (χ3n) is 2.31. The van der Waals surface area contributed by atoms with Crippen molar-refractivity contribution in [2.75, 3.05) is 11.4 Å². The molecule has 0 saturated carbocycles. The van der Waals surface area contributed by atoms with E-state index in [2.05, 4.69) is 31.4 Å². The third-order valence-corrected chi connectivity index (χ3v) is 2.84. The molecule has 1 N–H and O–H groups in total. The van der Waals surface area contributed by atoms with Gasteiger partial charge in [0, 0.05) is 13.0 Å². The van der Waals surface area contributed by atoms with Crippen molar-refractivity contribution in [1.82, 2.24) is 15.5 Å². The molecule has 0 radical (unpaired) electrons. The van der Waals surface area contributed by atoms with E-state index in [1.807, 2.05) is 0 Å². The lowest BCUT2D eigenvalue weighted by atomic mass is 10.2. The van der Waals surface area contributed by atoms with Gasteiger partial charge in [0.2, 0.25) is 5.91 Å². The Hall–Kier alpha value is -1.57. The number of imide groups is 1. The molecule has 90 valence electrons. The smallest absolute Gasteiger partial charge is 0.289 e. The lowest BCUT2D eigenvalue weighted by Crippen LogP contribution is -2.50. The molecule has 17 heavy (non-hydrogen) atoms. The fourth-order valence-electron chi connectivity index (χ4n) is 1.47. The van der Waals surface area contributed by atoms with E-state index in [9.17, 15) is 14.0 Å². The molecular formula is C9H8BrFN4O2. The quantitative estimate of drug-likeness (QED) is 0.826. The fraction of sp³-hybridized carbons (Fsp3) is 0.333. The highest BCUT2D eigenvalue weighted by atomic mass is 79.9. The van der Waals surface area contributed by atoms with E-state index in [1.165, 1.54) is 0 Å². The van der Waals surface area contributed by atoms with E-state index < -0.39 is 11.8 Å². The van der Waals surface area contributed by atoms with Crippen LogP contribution in [0.15, 0.2) is 6.20 Å². The van der Waals surface area contributed by atoms with Crippen molar-refractivity contribution in [3.63, 3.8) is 0 Å². The summed E-state index contributed by atoms with van der Waals surface area (Å²) >= 11 is 3.08. The predicted octanol–water partition coefficient (Wildman–Crippen LogP) is 0.957. The van der Waals surface area contributed by atoms with Crippen LogP contribution in [0.4, 0.5) is 14.9 Å². The highest BCUT2D eigenvalue weighted by molar-refractivity contribution is 9.08. The number of halogens is 2. The zero-order chi connectivity index (χ0) is 12.4. The molecule has 3 amide bonds. The van der Waals surface area contributed by atoms with E-state index in [4.69, 9.17) is 0 Å². The molecule has 1 aliphatic heterocycles. The average Bonchev–Trinajstić information content (AvgIpc) is 2.30. The molecule has 0 aromatic carbocycles. The summed E-state index contributed by atoms with van der Waals surface area (Å²) in [4.78, 5) is 23.6. The maximum Gasteiger partial charge on any atom is 0.328 e. The first kappa shape index (κ1) is 11.9. The number of nitrogens with one attached hydrogen (secondary N) is 1. The molecule has 0 atom stereocenters. The molecule has 1 aromatic heterocycles. The van der Waals surface area contributed by atoms with Crippen LogP contribution in [0.5, 0.6) is 0 Å². The van der Waals surface area contributed by atoms with Crippen LogP contribution >= 0.6 is 15.9 Å². The third kappa shape index (κ3) is 2.26. The van der Waals surface area contributed by atoms with Crippen molar-refractivity contribution in [3.05, 3.63) is 17.7 Å². The summed E-state index contributed by atoms with van der Waals surface area (Å²) < 4.78 is 13.9. The van der Waals surface area contributed by atoms with Crippen LogP contribution in [0.25, 0.3) is 0 Å². The number of carbonyl (C=O) groups excluding carboxylic acids is 2. The molecule has 8 heteroatoms. The topological polar surface area (TPSA) is 75.2 Å². The molecule has 0 spiro atoms. The first-order valence-corrected chi connectivity index (χ1v) is 5.93. The SMILES string of the molecule is O=C1CCN(c2cnnc(CBr)c2F)C(=O)N1. The molecule has 0 bridgehead atoms. The van der Waals surface area contributed by atoms with Crippen molar-refractivity contribution in [3.8, 4) is 0 Å². The van der Waals surface area contributed by atoms with Crippen LogP contribution in [0.1, 0.15) is 12.1 Å². The van der Waals surface area contributed by atoms with Gasteiger partial charge in [-0.1, -0.05) is 15.9 Å². The highest BCUT2D eigenvalue weighted by Gasteiger charge is 2.27. The van der Waals surface area contributed by atoms with Crippen LogP contribution in [0, 0.1) is 5.82 Å². The summed E-state index contributed by atoms with van der Waals surface area (Å²) in [5.74, 6) is -0.976. The van der Waals surface area contributed by atoms with Gasteiger partial charge in [-0.25, -0.2) is 9.18 Å². The Morgan fingerprint density at radius 1 is 1.53 bits per heavy atom. The van der Waals surface area contributed by atoms with Crippen LogP contribution in [0.3, 0.4) is 0 Å². The summed E-state index contributed by atoms with van der Waals surface area (Å²) in [5.41, 5.74) is 0.145. The lowest BCUT2D eigenvalue weighted by Gasteiger charge is -2.26. The van der Waals surface area contributed by atoms with Gasteiger partial charge in [-0.2, -0.15) is 10.2 Å². The Kier molecular flexibility index (Phi) is 3.32. The molecule has 1 fully saturated rings. The predicted molar refractivity (Wildman–Crippen MR) is 60.1 cm³/mol. The second-order valence-electron chi connectivity index (χ2n) is 3.38. The van der Waals surface area contributed by atoms with E-state index in [1.54, 1.807) is 0 Å².